The fourth-order valence-corrected chi connectivity index (χ4v) is 2.55. The zero-order valence-corrected chi connectivity index (χ0v) is 12.9. The van der Waals surface area contributed by atoms with Crippen LogP contribution in [0.25, 0.3) is 0 Å². The molecule has 0 aromatic heterocycles. The van der Waals surface area contributed by atoms with Gasteiger partial charge in [-0.25, -0.2) is 4.79 Å². The first-order chi connectivity index (χ1) is 9.49. The molecule has 0 atom stereocenters. The molecule has 0 saturated carbocycles. The van der Waals surface area contributed by atoms with Crippen LogP contribution in [-0.2, 0) is 10.5 Å². The zero-order valence-electron chi connectivity index (χ0n) is 12.1. The van der Waals surface area contributed by atoms with Crippen LogP contribution in [0.4, 0.5) is 0 Å². The number of carboxylic acid groups (broad SMARTS) is 1. The van der Waals surface area contributed by atoms with Gasteiger partial charge in [-0.1, -0.05) is 26.0 Å². The van der Waals surface area contributed by atoms with Crippen molar-refractivity contribution in [2.75, 3.05) is 6.26 Å². The first kappa shape index (κ1) is 16.6. The lowest BCUT2D eigenvalue weighted by atomic mass is 9.92. The molecule has 1 aromatic carbocycles. The highest BCUT2D eigenvalue weighted by atomic mass is 32.2. The molecule has 0 bridgehead atoms. The van der Waals surface area contributed by atoms with E-state index in [0.29, 0.717) is 18.4 Å². The lowest BCUT2D eigenvalue weighted by Crippen LogP contribution is -2.53. The van der Waals surface area contributed by atoms with Crippen LogP contribution in [0.3, 0.4) is 0 Å². The van der Waals surface area contributed by atoms with E-state index in [9.17, 15) is 14.7 Å². The van der Waals surface area contributed by atoms with Crippen LogP contribution >= 0.6 is 11.8 Å². The van der Waals surface area contributed by atoms with Gasteiger partial charge in [0.05, 0.1) is 0 Å². The van der Waals surface area contributed by atoms with E-state index in [1.54, 1.807) is 31.7 Å². The summed E-state index contributed by atoms with van der Waals surface area (Å²) in [5.41, 5.74) is 0.371. The molecule has 0 aliphatic carbocycles. The summed E-state index contributed by atoms with van der Waals surface area (Å²) in [6.07, 6.45) is 2.71. The van der Waals surface area contributed by atoms with Gasteiger partial charge in [-0.05, 0) is 36.8 Å². The van der Waals surface area contributed by atoms with Crippen LogP contribution < -0.4 is 5.32 Å². The number of hydrogen-bond acceptors (Lipinski definition) is 3. The van der Waals surface area contributed by atoms with E-state index in [0.717, 1.165) is 11.3 Å². The van der Waals surface area contributed by atoms with Crippen molar-refractivity contribution < 1.29 is 14.7 Å². The number of rotatable bonds is 7. The number of carbonyl (C=O) groups is 2. The van der Waals surface area contributed by atoms with Crippen LogP contribution in [0.2, 0.25) is 0 Å². The lowest BCUT2D eigenvalue weighted by molar-refractivity contribution is -0.144. The molecule has 0 aliphatic rings. The number of aliphatic carboxylic acids is 1. The normalized spacial score (nSPS) is 11.2. The van der Waals surface area contributed by atoms with Crippen molar-refractivity contribution in [2.24, 2.45) is 0 Å². The monoisotopic (exact) mass is 295 g/mol. The van der Waals surface area contributed by atoms with Gasteiger partial charge >= 0.3 is 5.97 Å². The molecule has 0 saturated heterocycles. The Morgan fingerprint density at radius 1 is 1.30 bits per heavy atom. The maximum atomic E-state index is 12.3. The Hall–Kier alpha value is -1.49. The molecule has 4 nitrogen and oxygen atoms in total. The van der Waals surface area contributed by atoms with Crippen LogP contribution in [0.5, 0.6) is 0 Å². The Bertz CT molecular complexity index is 484. The first-order valence-corrected chi connectivity index (χ1v) is 8.02. The van der Waals surface area contributed by atoms with E-state index >= 15 is 0 Å². The number of benzene rings is 1. The minimum atomic E-state index is -1.19. The average Bonchev–Trinajstić information content (AvgIpc) is 2.45. The van der Waals surface area contributed by atoms with Crippen molar-refractivity contribution in [1.29, 1.82) is 0 Å². The Morgan fingerprint density at radius 2 is 1.95 bits per heavy atom. The molecular weight excluding hydrogens is 274 g/mol. The average molecular weight is 295 g/mol. The van der Waals surface area contributed by atoms with Gasteiger partial charge < -0.3 is 10.4 Å². The standard InChI is InChI=1S/C15H21NO3S/c1-4-15(5-2,14(18)19)16-13(17)12-8-6-7-11(9-12)10-20-3/h6-9H,4-5,10H2,1-3H3,(H,16,17)(H,18,19). The highest BCUT2D eigenvalue weighted by Crippen LogP contribution is 2.17. The minimum Gasteiger partial charge on any atom is -0.480 e. The van der Waals surface area contributed by atoms with E-state index in [1.807, 2.05) is 24.5 Å². The van der Waals surface area contributed by atoms with E-state index in [4.69, 9.17) is 0 Å². The summed E-state index contributed by atoms with van der Waals surface area (Å²) in [5, 5.41) is 12.0. The van der Waals surface area contributed by atoms with Gasteiger partial charge in [0.1, 0.15) is 5.54 Å². The number of nitrogens with one attached hydrogen (secondary N) is 1. The summed E-state index contributed by atoms with van der Waals surface area (Å²) >= 11 is 1.68. The number of thioether (sulfide) groups is 1. The molecular formula is C15H21NO3S. The molecule has 0 spiro atoms. The van der Waals surface area contributed by atoms with Crippen LogP contribution in [0, 0.1) is 0 Å². The molecule has 0 fully saturated rings. The van der Waals surface area contributed by atoms with Crippen molar-refractivity contribution in [3.05, 3.63) is 35.4 Å². The third kappa shape index (κ3) is 3.76. The molecule has 0 heterocycles. The van der Waals surface area contributed by atoms with Crippen molar-refractivity contribution in [3.63, 3.8) is 0 Å². The van der Waals surface area contributed by atoms with Gasteiger partial charge in [0.25, 0.3) is 5.91 Å². The van der Waals surface area contributed by atoms with Crippen molar-refractivity contribution >= 4 is 23.6 Å². The van der Waals surface area contributed by atoms with Gasteiger partial charge in [-0.3, -0.25) is 4.79 Å². The van der Waals surface area contributed by atoms with Gasteiger partial charge in [0.15, 0.2) is 0 Å². The summed E-state index contributed by atoms with van der Waals surface area (Å²) in [6.45, 7) is 3.53. The smallest absolute Gasteiger partial charge is 0.329 e. The fourth-order valence-electron chi connectivity index (χ4n) is 2.04. The maximum absolute atomic E-state index is 12.3. The summed E-state index contributed by atoms with van der Waals surface area (Å²) in [7, 11) is 0. The van der Waals surface area contributed by atoms with E-state index in [2.05, 4.69) is 5.32 Å². The van der Waals surface area contributed by atoms with Gasteiger partial charge in [0.2, 0.25) is 0 Å². The molecule has 2 N–H and O–H groups in total. The second-order valence-electron chi connectivity index (χ2n) is 4.68. The highest BCUT2D eigenvalue weighted by Gasteiger charge is 2.36. The van der Waals surface area contributed by atoms with Crippen molar-refractivity contribution in [3.8, 4) is 0 Å². The third-order valence-corrected chi connectivity index (χ3v) is 4.09. The Morgan fingerprint density at radius 3 is 2.45 bits per heavy atom. The highest BCUT2D eigenvalue weighted by molar-refractivity contribution is 7.97. The fraction of sp³-hybridized carbons (Fsp3) is 0.467. The van der Waals surface area contributed by atoms with E-state index in [1.165, 1.54) is 0 Å². The van der Waals surface area contributed by atoms with Gasteiger partial charge in [0, 0.05) is 11.3 Å². The number of carboxylic acids is 1. The summed E-state index contributed by atoms with van der Waals surface area (Å²) in [5.74, 6) is -0.498. The van der Waals surface area contributed by atoms with Gasteiger partial charge in [-0.2, -0.15) is 11.8 Å². The summed E-state index contributed by atoms with van der Waals surface area (Å²) in [4.78, 5) is 23.7. The van der Waals surface area contributed by atoms with Crippen molar-refractivity contribution in [1.82, 2.24) is 5.32 Å². The molecule has 1 amide bonds. The van der Waals surface area contributed by atoms with Gasteiger partial charge in [-0.15, -0.1) is 0 Å². The van der Waals surface area contributed by atoms with Crippen LogP contribution in [0.15, 0.2) is 24.3 Å². The predicted octanol–water partition coefficient (Wildman–Crippen LogP) is 2.92. The number of hydrogen-bond donors (Lipinski definition) is 2. The molecule has 20 heavy (non-hydrogen) atoms. The summed E-state index contributed by atoms with van der Waals surface area (Å²) < 4.78 is 0. The zero-order chi connectivity index (χ0) is 15.2. The van der Waals surface area contributed by atoms with E-state index < -0.39 is 11.5 Å². The second-order valence-corrected chi connectivity index (χ2v) is 5.55. The third-order valence-electron chi connectivity index (χ3n) is 3.47. The maximum Gasteiger partial charge on any atom is 0.329 e. The lowest BCUT2D eigenvalue weighted by Gasteiger charge is -2.28. The Kier molecular flexibility index (Phi) is 6.07. The minimum absolute atomic E-state index is 0.334. The first-order valence-electron chi connectivity index (χ1n) is 6.63. The van der Waals surface area contributed by atoms with Crippen molar-refractivity contribution in [2.45, 2.75) is 38.0 Å². The Balaban J connectivity index is 2.94. The molecule has 0 radical (unpaired) electrons. The molecule has 0 unspecified atom stereocenters. The summed E-state index contributed by atoms with van der Waals surface area (Å²) in [6, 6.07) is 7.29. The van der Waals surface area contributed by atoms with E-state index in [-0.39, 0.29) is 5.91 Å². The number of amides is 1. The topological polar surface area (TPSA) is 66.4 Å². The Labute approximate surface area is 124 Å². The quantitative estimate of drug-likeness (QED) is 0.811. The second kappa shape index (κ2) is 7.33. The SMILES string of the molecule is CCC(CC)(NC(=O)c1cccc(CSC)c1)C(=O)O. The molecule has 0 aliphatic heterocycles. The van der Waals surface area contributed by atoms with Crippen LogP contribution in [-0.4, -0.2) is 28.8 Å². The molecule has 5 heteroatoms. The van der Waals surface area contributed by atoms with Crippen LogP contribution in [0.1, 0.15) is 42.6 Å². The molecule has 1 rings (SSSR count). The number of carbonyl (C=O) groups excluding carboxylic acids is 1. The largest absolute Gasteiger partial charge is 0.480 e. The molecule has 1 aromatic rings. The molecule has 110 valence electrons. The predicted molar refractivity (Wildman–Crippen MR) is 82.1 cm³/mol.